The van der Waals surface area contributed by atoms with E-state index in [0.717, 1.165) is 33.6 Å². The molecule has 0 saturated carbocycles. The quantitative estimate of drug-likeness (QED) is 0.487. The summed E-state index contributed by atoms with van der Waals surface area (Å²) in [6.45, 7) is 1.90. The zero-order chi connectivity index (χ0) is 20.4. The number of methoxy groups -OCH3 is 1. The van der Waals surface area contributed by atoms with E-state index in [2.05, 4.69) is 14.8 Å². The lowest BCUT2D eigenvalue weighted by Gasteiger charge is -2.09. The number of carbonyl (C=O) groups excluding carboxylic acids is 1. The van der Waals surface area contributed by atoms with Crippen molar-refractivity contribution in [1.29, 1.82) is 0 Å². The number of ether oxygens (including phenoxy) is 2. The Balaban J connectivity index is 1.76. The van der Waals surface area contributed by atoms with Crippen molar-refractivity contribution >= 4 is 17.0 Å². The number of benzene rings is 1. The molecular weight excluding hydrogens is 368 g/mol. The van der Waals surface area contributed by atoms with Crippen LogP contribution >= 0.6 is 0 Å². The van der Waals surface area contributed by atoms with E-state index in [-0.39, 0.29) is 6.61 Å². The van der Waals surface area contributed by atoms with Gasteiger partial charge in [0.05, 0.1) is 23.9 Å². The molecule has 0 spiro atoms. The number of pyridine rings is 2. The van der Waals surface area contributed by atoms with Crippen LogP contribution in [0.1, 0.15) is 5.69 Å². The lowest BCUT2D eigenvalue weighted by molar-refractivity contribution is -0.142. The number of fused-ring (bicyclic) bond motifs is 1. The van der Waals surface area contributed by atoms with Gasteiger partial charge in [-0.05, 0) is 49.4 Å². The fraction of sp³-hybridized carbons (Fsp3) is 0.182. The zero-order valence-corrected chi connectivity index (χ0v) is 16.4. The molecule has 7 nitrogen and oxygen atoms in total. The second-order valence-electron chi connectivity index (χ2n) is 6.57. The predicted molar refractivity (Wildman–Crippen MR) is 109 cm³/mol. The van der Waals surface area contributed by atoms with E-state index in [1.54, 1.807) is 18.3 Å². The summed E-state index contributed by atoms with van der Waals surface area (Å²) in [6.07, 6.45) is 1.78. The minimum atomic E-state index is -0.424. The molecule has 146 valence electrons. The molecule has 1 aromatic carbocycles. The molecular formula is C22H20N4O3. The molecule has 0 saturated heterocycles. The molecule has 4 aromatic rings. The van der Waals surface area contributed by atoms with E-state index < -0.39 is 5.97 Å². The number of rotatable bonds is 5. The van der Waals surface area contributed by atoms with Gasteiger partial charge in [-0.1, -0.05) is 6.07 Å². The molecule has 0 aliphatic rings. The van der Waals surface area contributed by atoms with Crippen LogP contribution in [-0.2, 0) is 16.6 Å². The number of hydrogen-bond donors (Lipinski definition) is 0. The third-order valence-corrected chi connectivity index (χ3v) is 4.77. The molecule has 3 heterocycles. The first-order chi connectivity index (χ1) is 14.1. The summed E-state index contributed by atoms with van der Waals surface area (Å²) >= 11 is 0. The van der Waals surface area contributed by atoms with E-state index >= 15 is 0 Å². The number of carbonyl (C=O) groups is 1. The Labute approximate surface area is 167 Å². The Hall–Kier alpha value is -3.74. The maximum absolute atomic E-state index is 11.2. The van der Waals surface area contributed by atoms with Crippen LogP contribution in [0.3, 0.4) is 0 Å². The first kappa shape index (κ1) is 18.6. The summed E-state index contributed by atoms with van der Waals surface area (Å²) < 4.78 is 11.8. The zero-order valence-electron chi connectivity index (χ0n) is 16.4. The highest BCUT2D eigenvalue weighted by Crippen LogP contribution is 2.33. The molecule has 4 rings (SSSR count). The number of aryl methyl sites for hydroxylation is 2. The molecule has 0 radical (unpaired) electrons. The molecule has 29 heavy (non-hydrogen) atoms. The number of nitrogens with zero attached hydrogens (tertiary/aromatic N) is 4. The second-order valence-corrected chi connectivity index (χ2v) is 6.57. The van der Waals surface area contributed by atoms with Gasteiger partial charge in [0, 0.05) is 30.1 Å². The van der Waals surface area contributed by atoms with E-state index in [1.165, 1.54) is 7.11 Å². The van der Waals surface area contributed by atoms with Crippen molar-refractivity contribution in [3.8, 4) is 28.3 Å². The Morgan fingerprint density at radius 1 is 1.10 bits per heavy atom. The molecule has 0 amide bonds. The summed E-state index contributed by atoms with van der Waals surface area (Å²) in [4.78, 5) is 20.5. The van der Waals surface area contributed by atoms with Crippen molar-refractivity contribution in [3.63, 3.8) is 0 Å². The largest absolute Gasteiger partial charge is 0.482 e. The van der Waals surface area contributed by atoms with Gasteiger partial charge in [-0.3, -0.25) is 9.67 Å². The Kier molecular flexibility index (Phi) is 4.95. The van der Waals surface area contributed by atoms with Gasteiger partial charge in [0.25, 0.3) is 0 Å². The van der Waals surface area contributed by atoms with Crippen LogP contribution in [0.15, 0.2) is 54.7 Å². The first-order valence-electron chi connectivity index (χ1n) is 9.12. The molecule has 7 heteroatoms. The molecule has 0 bridgehead atoms. The molecule has 0 N–H and O–H groups in total. The summed E-state index contributed by atoms with van der Waals surface area (Å²) in [5.41, 5.74) is 5.27. The summed E-state index contributed by atoms with van der Waals surface area (Å²) in [5, 5.41) is 5.56. The summed E-state index contributed by atoms with van der Waals surface area (Å²) in [6, 6.07) is 15.3. The molecule has 0 unspecified atom stereocenters. The van der Waals surface area contributed by atoms with Crippen molar-refractivity contribution in [2.75, 3.05) is 13.7 Å². The topological polar surface area (TPSA) is 79.1 Å². The average Bonchev–Trinajstić information content (AvgIpc) is 3.06. The van der Waals surface area contributed by atoms with Crippen LogP contribution in [0.4, 0.5) is 0 Å². The minimum absolute atomic E-state index is 0.128. The van der Waals surface area contributed by atoms with Gasteiger partial charge in [-0.2, -0.15) is 5.10 Å². The van der Waals surface area contributed by atoms with Crippen molar-refractivity contribution in [3.05, 3.63) is 60.4 Å². The lowest BCUT2D eigenvalue weighted by atomic mass is 10.0. The fourth-order valence-electron chi connectivity index (χ4n) is 3.13. The van der Waals surface area contributed by atoms with Gasteiger partial charge in [0.1, 0.15) is 5.75 Å². The number of esters is 1. The second kappa shape index (κ2) is 7.71. The Morgan fingerprint density at radius 2 is 1.90 bits per heavy atom. The highest BCUT2D eigenvalue weighted by atomic mass is 16.6. The van der Waals surface area contributed by atoms with Crippen molar-refractivity contribution in [1.82, 2.24) is 19.7 Å². The average molecular weight is 388 g/mol. The van der Waals surface area contributed by atoms with Crippen LogP contribution in [0.5, 0.6) is 5.75 Å². The van der Waals surface area contributed by atoms with E-state index in [4.69, 9.17) is 9.72 Å². The van der Waals surface area contributed by atoms with Crippen LogP contribution in [0, 0.1) is 6.92 Å². The maximum atomic E-state index is 11.2. The molecule has 0 aliphatic carbocycles. The van der Waals surface area contributed by atoms with Gasteiger partial charge in [0.2, 0.25) is 0 Å². The highest BCUT2D eigenvalue weighted by Gasteiger charge is 2.16. The maximum Gasteiger partial charge on any atom is 0.343 e. The normalized spacial score (nSPS) is 10.9. The first-order valence-corrected chi connectivity index (χ1v) is 9.12. The van der Waals surface area contributed by atoms with Crippen LogP contribution in [0.2, 0.25) is 0 Å². The van der Waals surface area contributed by atoms with Crippen molar-refractivity contribution in [2.24, 2.45) is 7.05 Å². The fourth-order valence-corrected chi connectivity index (χ4v) is 3.13. The van der Waals surface area contributed by atoms with E-state index in [9.17, 15) is 4.79 Å². The SMILES string of the molecule is COC(=O)COc1ccc(-c2cc(-c3ccccn3)c3c(C)n(C)nc3n2)cc1. The number of hydrogen-bond acceptors (Lipinski definition) is 6. The van der Waals surface area contributed by atoms with Crippen LogP contribution in [0.25, 0.3) is 33.5 Å². The third-order valence-electron chi connectivity index (χ3n) is 4.77. The molecule has 0 fully saturated rings. The molecule has 0 aliphatic heterocycles. The van der Waals surface area contributed by atoms with Gasteiger partial charge >= 0.3 is 5.97 Å². The summed E-state index contributed by atoms with van der Waals surface area (Å²) in [5.74, 6) is 0.158. The van der Waals surface area contributed by atoms with Gasteiger partial charge < -0.3 is 9.47 Å². The minimum Gasteiger partial charge on any atom is -0.482 e. The Bertz CT molecular complexity index is 1170. The van der Waals surface area contributed by atoms with E-state index in [1.807, 2.05) is 55.1 Å². The standard InChI is InChI=1S/C22H20N4O3/c1-14-21-17(18-6-4-5-11-23-18)12-19(24-22(21)25-26(14)2)15-7-9-16(10-8-15)29-13-20(27)28-3/h4-12H,13H2,1-3H3. The lowest BCUT2D eigenvalue weighted by Crippen LogP contribution is -2.12. The van der Waals surface area contributed by atoms with Crippen LogP contribution < -0.4 is 4.74 Å². The summed E-state index contributed by atoms with van der Waals surface area (Å²) in [7, 11) is 3.24. The van der Waals surface area contributed by atoms with Gasteiger partial charge in [0.15, 0.2) is 12.3 Å². The smallest absolute Gasteiger partial charge is 0.343 e. The monoisotopic (exact) mass is 388 g/mol. The highest BCUT2D eigenvalue weighted by molar-refractivity contribution is 5.96. The van der Waals surface area contributed by atoms with Gasteiger partial charge in [-0.15, -0.1) is 0 Å². The van der Waals surface area contributed by atoms with Gasteiger partial charge in [-0.25, -0.2) is 9.78 Å². The number of aromatic nitrogens is 4. The van der Waals surface area contributed by atoms with Crippen LogP contribution in [-0.4, -0.2) is 39.4 Å². The van der Waals surface area contributed by atoms with E-state index in [0.29, 0.717) is 11.4 Å². The Morgan fingerprint density at radius 3 is 2.59 bits per heavy atom. The third kappa shape index (κ3) is 3.67. The van der Waals surface area contributed by atoms with Crippen molar-refractivity contribution in [2.45, 2.75) is 6.92 Å². The molecule has 0 atom stereocenters. The van der Waals surface area contributed by atoms with Crippen molar-refractivity contribution < 1.29 is 14.3 Å². The predicted octanol–water partition coefficient (Wildman–Crippen LogP) is 3.56. The molecule has 3 aromatic heterocycles.